The van der Waals surface area contributed by atoms with Crippen LogP contribution in [0.1, 0.15) is 70.3 Å². The van der Waals surface area contributed by atoms with Crippen molar-refractivity contribution in [3.05, 3.63) is 121 Å². The van der Waals surface area contributed by atoms with E-state index >= 15 is 0 Å². The molecule has 5 nitrogen and oxygen atoms in total. The van der Waals surface area contributed by atoms with Crippen LogP contribution in [0.25, 0.3) is 6.08 Å². The summed E-state index contributed by atoms with van der Waals surface area (Å²) in [5.41, 5.74) is 0.749. The summed E-state index contributed by atoms with van der Waals surface area (Å²) in [6, 6.07) is 38.6. The Hall–Kier alpha value is -3.73. The Morgan fingerprint density at radius 2 is 1.10 bits per heavy atom. The molecular weight excluding hydrogens is 683 g/mol. The summed E-state index contributed by atoms with van der Waals surface area (Å²) in [6.07, 6.45) is 14.8. The van der Waals surface area contributed by atoms with Crippen LogP contribution in [0.15, 0.2) is 115 Å². The minimum Gasteiger partial charge on any atom is -1.00 e. The van der Waals surface area contributed by atoms with Gasteiger partial charge < -0.3 is 31.2 Å². The van der Waals surface area contributed by atoms with Crippen molar-refractivity contribution < 1.29 is 40.8 Å². The van der Waals surface area contributed by atoms with Crippen LogP contribution >= 0.6 is 7.26 Å². The molecule has 0 saturated carbocycles. The van der Waals surface area contributed by atoms with Gasteiger partial charge in [-0.05, 0) is 79.4 Å². The van der Waals surface area contributed by atoms with E-state index in [1.54, 1.807) is 24.3 Å². The molecule has 0 aliphatic rings. The van der Waals surface area contributed by atoms with E-state index in [0.717, 1.165) is 24.8 Å². The fourth-order valence-corrected chi connectivity index (χ4v) is 10.4. The lowest BCUT2D eigenvalue weighted by atomic mass is 10.1. The van der Waals surface area contributed by atoms with E-state index in [9.17, 15) is 9.59 Å². The zero-order valence-electron chi connectivity index (χ0n) is 28.2. The first-order chi connectivity index (χ1) is 23.0. The van der Waals surface area contributed by atoms with Crippen molar-refractivity contribution >= 4 is 41.2 Å². The van der Waals surface area contributed by atoms with Gasteiger partial charge in [0.1, 0.15) is 23.2 Å². The fraction of sp³-hybridized carbons (Fsp3) is 0.317. The van der Waals surface area contributed by atoms with Crippen LogP contribution in [0.5, 0.6) is 11.5 Å². The highest BCUT2D eigenvalue weighted by molar-refractivity contribution is 7.95. The lowest BCUT2D eigenvalue weighted by Gasteiger charge is -2.27. The number of carbonyl (C=O) groups is 2. The standard InChI is InChI=1S/C41H48O5P.BrH/c1-34(42)46-39-29-27-35(33-40(39)44-2)28-30-41(43)45-31-19-8-6-4-3-5-7-9-20-32-47(36-21-13-10-14-22-36,37-23-15-11-16-24-37)38-25-17-12-18-26-38;/h10-18,21-30,33H,3-9,19-20,31-32H2,1-2H3;1H/q+1;/p-1/b30-28+;. The van der Waals surface area contributed by atoms with Gasteiger partial charge in [-0.3, -0.25) is 4.79 Å². The van der Waals surface area contributed by atoms with Gasteiger partial charge >= 0.3 is 11.9 Å². The number of methoxy groups -OCH3 is 1. The van der Waals surface area contributed by atoms with E-state index in [1.807, 2.05) is 0 Å². The lowest BCUT2D eigenvalue weighted by molar-refractivity contribution is -0.137. The number of hydrogen-bond donors (Lipinski definition) is 0. The topological polar surface area (TPSA) is 61.8 Å². The molecule has 48 heavy (non-hydrogen) atoms. The second kappa shape index (κ2) is 21.3. The molecule has 0 aliphatic carbocycles. The second-order valence-electron chi connectivity index (χ2n) is 11.7. The van der Waals surface area contributed by atoms with Crippen LogP contribution in [-0.2, 0) is 14.3 Å². The molecule has 0 spiro atoms. The second-order valence-corrected chi connectivity index (χ2v) is 15.3. The number of esters is 2. The first-order valence-corrected chi connectivity index (χ1v) is 18.8. The van der Waals surface area contributed by atoms with Gasteiger partial charge in [0.25, 0.3) is 0 Å². The zero-order valence-corrected chi connectivity index (χ0v) is 30.7. The minimum absolute atomic E-state index is 0. The summed E-state index contributed by atoms with van der Waals surface area (Å²) in [6.45, 7) is 1.76. The van der Waals surface area contributed by atoms with Crippen molar-refractivity contribution in [3.63, 3.8) is 0 Å². The molecule has 0 radical (unpaired) electrons. The third-order valence-corrected chi connectivity index (χ3v) is 12.9. The molecule has 0 atom stereocenters. The van der Waals surface area contributed by atoms with Crippen LogP contribution in [0.3, 0.4) is 0 Å². The molecule has 4 aromatic rings. The van der Waals surface area contributed by atoms with Gasteiger partial charge in [0, 0.05) is 13.0 Å². The lowest BCUT2D eigenvalue weighted by Crippen LogP contribution is -3.00. The highest BCUT2D eigenvalue weighted by atomic mass is 79.9. The fourth-order valence-electron chi connectivity index (χ4n) is 5.98. The Labute approximate surface area is 297 Å². The Kier molecular flexibility index (Phi) is 17.2. The molecule has 4 aromatic carbocycles. The van der Waals surface area contributed by atoms with Crippen LogP contribution in [0.2, 0.25) is 0 Å². The molecule has 0 bridgehead atoms. The van der Waals surface area contributed by atoms with Crippen molar-refractivity contribution in [1.82, 2.24) is 0 Å². The third kappa shape index (κ3) is 11.8. The Morgan fingerprint density at radius 3 is 1.58 bits per heavy atom. The molecule has 0 fully saturated rings. The summed E-state index contributed by atoms with van der Waals surface area (Å²) < 4.78 is 15.8. The number of ether oxygens (including phenoxy) is 3. The first kappa shape index (κ1) is 38.7. The van der Waals surface area contributed by atoms with Crippen LogP contribution < -0.4 is 42.4 Å². The summed E-state index contributed by atoms with van der Waals surface area (Å²) in [4.78, 5) is 23.4. The first-order valence-electron chi connectivity index (χ1n) is 16.8. The number of rotatable bonds is 19. The molecule has 0 saturated heterocycles. The van der Waals surface area contributed by atoms with E-state index in [2.05, 4.69) is 91.0 Å². The van der Waals surface area contributed by atoms with Gasteiger partial charge in [-0.1, -0.05) is 99.2 Å². The number of halogens is 1. The maximum absolute atomic E-state index is 12.1. The van der Waals surface area contributed by atoms with Gasteiger partial charge in [0.2, 0.25) is 0 Å². The SMILES string of the molecule is COc1cc(/C=C/C(=O)OCCCCCCCCCCC[P+](c2ccccc2)(c2ccccc2)c2ccccc2)ccc1OC(C)=O.[Br-]. The van der Waals surface area contributed by atoms with Crippen molar-refractivity contribution in [2.24, 2.45) is 0 Å². The maximum atomic E-state index is 12.1. The molecule has 0 aliphatic heterocycles. The summed E-state index contributed by atoms with van der Waals surface area (Å²) in [7, 11) is -0.226. The van der Waals surface area contributed by atoms with Gasteiger partial charge in [-0.15, -0.1) is 0 Å². The van der Waals surface area contributed by atoms with Gasteiger partial charge in [0.05, 0.1) is 19.9 Å². The third-order valence-electron chi connectivity index (χ3n) is 8.33. The highest BCUT2D eigenvalue weighted by Crippen LogP contribution is 2.56. The number of benzene rings is 4. The Morgan fingerprint density at radius 1 is 0.625 bits per heavy atom. The van der Waals surface area contributed by atoms with Crippen LogP contribution in [0, 0.1) is 0 Å². The molecule has 254 valence electrons. The number of carbonyl (C=O) groups excluding carboxylic acids is 2. The van der Waals surface area contributed by atoms with E-state index < -0.39 is 13.2 Å². The number of unbranched alkanes of at least 4 members (excludes halogenated alkanes) is 8. The molecular formula is C41H48BrO5P. The van der Waals surface area contributed by atoms with Gasteiger partial charge in [-0.2, -0.15) is 0 Å². The quantitative estimate of drug-likeness (QED) is 0.0409. The van der Waals surface area contributed by atoms with Crippen molar-refractivity contribution in [2.75, 3.05) is 19.9 Å². The van der Waals surface area contributed by atoms with E-state index in [4.69, 9.17) is 14.2 Å². The smallest absolute Gasteiger partial charge is 0.330 e. The maximum Gasteiger partial charge on any atom is 0.330 e. The summed E-state index contributed by atoms with van der Waals surface area (Å²) >= 11 is 0. The van der Waals surface area contributed by atoms with E-state index in [1.165, 1.54) is 80.7 Å². The average Bonchev–Trinajstić information content (AvgIpc) is 3.11. The predicted octanol–water partition coefficient (Wildman–Crippen LogP) is 5.69. The molecule has 0 amide bonds. The van der Waals surface area contributed by atoms with Crippen molar-refractivity contribution in [3.8, 4) is 11.5 Å². The highest BCUT2D eigenvalue weighted by Gasteiger charge is 2.44. The van der Waals surface area contributed by atoms with Crippen LogP contribution in [-0.4, -0.2) is 31.8 Å². The molecule has 0 unspecified atom stereocenters. The monoisotopic (exact) mass is 730 g/mol. The van der Waals surface area contributed by atoms with Gasteiger partial charge in [0.15, 0.2) is 11.5 Å². The summed E-state index contributed by atoms with van der Waals surface area (Å²) in [5, 5.41) is 4.39. The molecule has 7 heteroatoms. The number of hydrogen-bond acceptors (Lipinski definition) is 5. The molecule has 0 N–H and O–H groups in total. The van der Waals surface area contributed by atoms with Crippen LogP contribution in [0.4, 0.5) is 0 Å². The normalized spacial score (nSPS) is 11.1. The van der Waals surface area contributed by atoms with Gasteiger partial charge in [-0.25, -0.2) is 4.79 Å². The Balaban J connectivity index is 0.00000625. The van der Waals surface area contributed by atoms with Crippen molar-refractivity contribution in [1.29, 1.82) is 0 Å². The molecule has 0 aromatic heterocycles. The van der Waals surface area contributed by atoms with Crippen molar-refractivity contribution in [2.45, 2.75) is 64.7 Å². The van der Waals surface area contributed by atoms with E-state index in [0.29, 0.717) is 18.1 Å². The molecule has 0 heterocycles. The zero-order chi connectivity index (χ0) is 33.2. The average molecular weight is 732 g/mol. The predicted molar refractivity (Wildman–Crippen MR) is 196 cm³/mol. The molecule has 4 rings (SSSR count). The largest absolute Gasteiger partial charge is 1.00 e. The Bertz CT molecular complexity index is 1450. The van der Waals surface area contributed by atoms with E-state index in [-0.39, 0.29) is 23.0 Å². The summed E-state index contributed by atoms with van der Waals surface area (Å²) in [5.74, 6) is -0.0240. The minimum atomic E-state index is -1.73.